The third kappa shape index (κ3) is 3.28. The molecule has 0 spiro atoms. The van der Waals surface area contributed by atoms with Crippen molar-refractivity contribution in [1.82, 2.24) is 10.2 Å². The summed E-state index contributed by atoms with van der Waals surface area (Å²) in [6.07, 6.45) is 0.282. The van der Waals surface area contributed by atoms with Crippen molar-refractivity contribution in [3.8, 4) is 0 Å². The third-order valence-corrected chi connectivity index (χ3v) is 6.80. The van der Waals surface area contributed by atoms with Crippen molar-refractivity contribution in [2.45, 2.75) is 31.7 Å². The average molecular weight is 476 g/mol. The van der Waals surface area contributed by atoms with E-state index in [0.29, 0.717) is 11.4 Å². The zero-order valence-electron chi connectivity index (χ0n) is 13.2. The number of amides is 2. The van der Waals surface area contributed by atoms with Crippen LogP contribution in [0.4, 0.5) is 0 Å². The van der Waals surface area contributed by atoms with Gasteiger partial charge in [-0.25, -0.2) is 0 Å². The van der Waals surface area contributed by atoms with Crippen LogP contribution in [0.2, 0.25) is 0 Å². The van der Waals surface area contributed by atoms with E-state index in [1.165, 1.54) is 11.3 Å². The summed E-state index contributed by atoms with van der Waals surface area (Å²) in [4.78, 5) is 39.2. The van der Waals surface area contributed by atoms with Crippen LogP contribution in [0.15, 0.2) is 28.8 Å². The Bertz CT molecular complexity index is 715. The first-order chi connectivity index (χ1) is 11.4. The molecule has 128 valence electrons. The minimum absolute atomic E-state index is 0.113. The average Bonchev–Trinajstić information content (AvgIpc) is 3.03. The molecule has 1 fully saturated rings. The van der Waals surface area contributed by atoms with Crippen LogP contribution < -0.4 is 5.32 Å². The van der Waals surface area contributed by atoms with Crippen LogP contribution in [0.3, 0.4) is 0 Å². The molecule has 0 radical (unpaired) electrons. The predicted octanol–water partition coefficient (Wildman–Crippen LogP) is 2.56. The number of carbonyl (C=O) groups is 3. The number of β-lactam (4-membered cyclic amide) rings is 1. The van der Waals surface area contributed by atoms with Gasteiger partial charge in [-0.3, -0.25) is 19.3 Å². The molecule has 3 rings (SSSR count). The number of thioether (sulfide) groups is 1. The second kappa shape index (κ2) is 7.17. The summed E-state index contributed by atoms with van der Waals surface area (Å²) in [5.74, 6) is 0.586. The van der Waals surface area contributed by atoms with Crippen LogP contribution in [0.25, 0.3) is 0 Å². The van der Waals surface area contributed by atoms with Crippen LogP contribution in [-0.4, -0.2) is 37.7 Å². The van der Waals surface area contributed by atoms with E-state index in [1.54, 1.807) is 39.3 Å². The Kier molecular flexibility index (Phi) is 5.36. The molecule has 2 atom stereocenters. The second-order valence-electron chi connectivity index (χ2n) is 6.01. The maximum absolute atomic E-state index is 12.5. The summed E-state index contributed by atoms with van der Waals surface area (Å²) in [7, 11) is 0. The highest BCUT2D eigenvalue weighted by molar-refractivity contribution is 14.1. The van der Waals surface area contributed by atoms with Crippen molar-refractivity contribution < 1.29 is 14.4 Å². The number of nitrogens with zero attached hydrogens (tertiary/aromatic N) is 1. The highest BCUT2D eigenvalue weighted by atomic mass is 127. The molecule has 1 aromatic rings. The van der Waals surface area contributed by atoms with Crippen LogP contribution in [0.5, 0.6) is 0 Å². The van der Waals surface area contributed by atoms with Crippen LogP contribution >= 0.6 is 45.7 Å². The predicted molar refractivity (Wildman–Crippen MR) is 104 cm³/mol. The number of thiophene rings is 1. The van der Waals surface area contributed by atoms with Gasteiger partial charge in [0.1, 0.15) is 11.4 Å². The van der Waals surface area contributed by atoms with E-state index in [-0.39, 0.29) is 33.3 Å². The molecule has 0 aromatic carbocycles. The molecule has 3 heterocycles. The summed E-state index contributed by atoms with van der Waals surface area (Å²) in [5.41, 5.74) is 1.52. The van der Waals surface area contributed by atoms with Crippen molar-refractivity contribution in [2.75, 3.05) is 5.75 Å². The van der Waals surface area contributed by atoms with Gasteiger partial charge in [0.05, 0.1) is 12.1 Å². The molecule has 0 unspecified atom stereocenters. The smallest absolute Gasteiger partial charge is 0.253 e. The Morgan fingerprint density at radius 3 is 2.79 bits per heavy atom. The number of rotatable bonds is 5. The van der Waals surface area contributed by atoms with Gasteiger partial charge in [0.25, 0.3) is 5.91 Å². The first kappa shape index (κ1) is 17.9. The van der Waals surface area contributed by atoms with Crippen molar-refractivity contribution in [3.05, 3.63) is 33.7 Å². The Morgan fingerprint density at radius 1 is 1.46 bits per heavy atom. The summed E-state index contributed by atoms with van der Waals surface area (Å²) >= 11 is 4.87. The fourth-order valence-electron chi connectivity index (χ4n) is 2.86. The van der Waals surface area contributed by atoms with Crippen LogP contribution in [-0.2, 0) is 20.8 Å². The highest BCUT2D eigenvalue weighted by Gasteiger charge is 2.53. The third-order valence-electron chi connectivity index (χ3n) is 4.11. The van der Waals surface area contributed by atoms with E-state index < -0.39 is 6.04 Å². The fourth-order valence-corrected chi connectivity index (χ4v) is 5.73. The zero-order valence-corrected chi connectivity index (χ0v) is 17.0. The molecule has 0 aliphatic carbocycles. The number of carbonyl (C=O) groups excluding carboxylic acids is 3. The van der Waals surface area contributed by atoms with Crippen LogP contribution in [0, 0.1) is 5.92 Å². The molecular formula is C16H17IN2O3S2. The lowest BCUT2D eigenvalue weighted by molar-refractivity contribution is -0.146. The lowest BCUT2D eigenvalue weighted by atomic mass is 9.97. The first-order valence-electron chi connectivity index (χ1n) is 7.59. The monoisotopic (exact) mass is 476 g/mol. The van der Waals surface area contributed by atoms with E-state index in [4.69, 9.17) is 0 Å². The molecule has 2 aliphatic heterocycles. The summed E-state index contributed by atoms with van der Waals surface area (Å²) < 4.78 is -0.113. The molecule has 24 heavy (non-hydrogen) atoms. The topological polar surface area (TPSA) is 66.5 Å². The van der Waals surface area contributed by atoms with E-state index >= 15 is 0 Å². The van der Waals surface area contributed by atoms with Gasteiger partial charge in [0.15, 0.2) is 0 Å². The Balaban J connectivity index is 1.72. The van der Waals surface area contributed by atoms with Gasteiger partial charge >= 0.3 is 0 Å². The Labute approximate surface area is 162 Å². The number of allylic oxidation sites excluding steroid dienone is 1. The number of fused-ring (bicyclic) bond motifs is 1. The number of hydrogen-bond donors (Lipinski definition) is 1. The maximum atomic E-state index is 12.5. The molecule has 0 saturated carbocycles. The molecule has 2 aliphatic rings. The molecule has 1 saturated heterocycles. The number of halogens is 1. The minimum Gasteiger partial charge on any atom is -0.341 e. The van der Waals surface area contributed by atoms with E-state index in [1.807, 2.05) is 31.4 Å². The maximum Gasteiger partial charge on any atom is 0.253 e. The minimum atomic E-state index is -0.540. The molecule has 5 nitrogen and oxygen atoms in total. The van der Waals surface area contributed by atoms with Gasteiger partial charge in [0, 0.05) is 33.2 Å². The summed E-state index contributed by atoms with van der Waals surface area (Å²) in [5, 5.41) is 4.57. The number of nitrogens with one attached hydrogen (secondary N) is 1. The van der Waals surface area contributed by atoms with Gasteiger partial charge < -0.3 is 5.32 Å². The van der Waals surface area contributed by atoms with Gasteiger partial charge in [0.2, 0.25) is 9.70 Å². The van der Waals surface area contributed by atoms with Crippen molar-refractivity contribution >= 4 is 61.3 Å². The van der Waals surface area contributed by atoms with Crippen LogP contribution in [0.1, 0.15) is 18.7 Å². The molecule has 1 aromatic heterocycles. The van der Waals surface area contributed by atoms with Crippen molar-refractivity contribution in [3.63, 3.8) is 0 Å². The lowest BCUT2D eigenvalue weighted by Crippen LogP contribution is -2.70. The quantitative estimate of drug-likeness (QED) is 0.403. The molecule has 0 bridgehead atoms. The molecule has 8 heteroatoms. The van der Waals surface area contributed by atoms with Gasteiger partial charge in [-0.15, -0.1) is 23.1 Å². The second-order valence-corrected chi connectivity index (χ2v) is 9.13. The lowest BCUT2D eigenvalue weighted by Gasteiger charge is -2.50. The largest absolute Gasteiger partial charge is 0.341 e. The zero-order chi connectivity index (χ0) is 17.4. The van der Waals surface area contributed by atoms with Gasteiger partial charge in [-0.2, -0.15) is 0 Å². The molecule has 2 amide bonds. The first-order valence-corrected chi connectivity index (χ1v) is 10.6. The van der Waals surface area contributed by atoms with E-state index in [9.17, 15) is 14.4 Å². The Morgan fingerprint density at radius 2 is 2.21 bits per heavy atom. The Hall–Kier alpha value is -0.870. The molecular weight excluding hydrogens is 459 g/mol. The summed E-state index contributed by atoms with van der Waals surface area (Å²) in [6.45, 7) is 4.06. The van der Waals surface area contributed by atoms with Gasteiger partial charge in [-0.1, -0.05) is 19.9 Å². The van der Waals surface area contributed by atoms with E-state index in [0.717, 1.165) is 10.5 Å². The molecule has 1 N–H and O–H groups in total. The fraction of sp³-hybridized carbons (Fsp3) is 0.438. The standard InChI is InChI=1S/C16H17IN2O3S2/c1-8(2)10-7-24-16-12(15(22)19(16)13(10)14(17)21)18-11(20)6-9-4-3-5-23-9/h3-5,8,12,16H,6-7H2,1-2H3,(H,18,20)/t12-,16-/m1/s1. The normalized spacial score (nSPS) is 23.2. The SMILES string of the molecule is CC(C)C1=C(C(=O)I)N2C(=O)[C@@H](NC(=O)Cc3cccs3)[C@H]2SC1. The van der Waals surface area contributed by atoms with Crippen molar-refractivity contribution in [2.24, 2.45) is 5.92 Å². The van der Waals surface area contributed by atoms with E-state index in [2.05, 4.69) is 5.32 Å². The highest BCUT2D eigenvalue weighted by Crippen LogP contribution is 2.42. The van der Waals surface area contributed by atoms with Gasteiger partial charge in [-0.05, 0) is 22.9 Å². The summed E-state index contributed by atoms with van der Waals surface area (Å²) in [6, 6.07) is 3.26. The van der Waals surface area contributed by atoms with Crippen molar-refractivity contribution in [1.29, 1.82) is 0 Å². The number of hydrogen-bond acceptors (Lipinski definition) is 5.